The molecule has 0 saturated carbocycles. The summed E-state index contributed by atoms with van der Waals surface area (Å²) >= 11 is 9.63. The minimum atomic E-state index is -0.569. The third-order valence-electron chi connectivity index (χ3n) is 5.30. The number of hydrogen-bond donors (Lipinski definition) is 1. The van der Waals surface area contributed by atoms with Crippen LogP contribution < -0.4 is 14.8 Å². The van der Waals surface area contributed by atoms with E-state index in [9.17, 15) is 4.79 Å². The van der Waals surface area contributed by atoms with Crippen molar-refractivity contribution in [1.29, 1.82) is 0 Å². The monoisotopic (exact) mass is 560 g/mol. The Bertz CT molecular complexity index is 1260. The van der Waals surface area contributed by atoms with Crippen LogP contribution in [0.4, 0.5) is 5.95 Å². The van der Waals surface area contributed by atoms with E-state index >= 15 is 0 Å². The first-order valence-corrected chi connectivity index (χ1v) is 12.4. The maximum atomic E-state index is 13.1. The zero-order chi connectivity index (χ0) is 25.1. The van der Waals surface area contributed by atoms with Crippen molar-refractivity contribution in [2.45, 2.75) is 46.4 Å². The summed E-state index contributed by atoms with van der Waals surface area (Å²) in [4.78, 5) is 17.4. The van der Waals surface area contributed by atoms with Gasteiger partial charge in [0, 0.05) is 10.7 Å². The van der Waals surface area contributed by atoms with Gasteiger partial charge >= 0.3 is 5.97 Å². The normalized spacial score (nSPS) is 15.0. The minimum Gasteiger partial charge on any atom is -0.490 e. The highest BCUT2D eigenvalue weighted by atomic mass is 79.9. The van der Waals surface area contributed by atoms with Crippen LogP contribution in [0.15, 0.2) is 58.5 Å². The first kappa shape index (κ1) is 25.1. The van der Waals surface area contributed by atoms with Crippen LogP contribution in [0.1, 0.15) is 44.9 Å². The summed E-state index contributed by atoms with van der Waals surface area (Å²) in [5.74, 6) is 1.21. The van der Waals surface area contributed by atoms with Gasteiger partial charge in [-0.1, -0.05) is 23.7 Å². The topological polar surface area (TPSA) is 87.5 Å². The van der Waals surface area contributed by atoms with Gasteiger partial charge in [0.1, 0.15) is 19.0 Å². The summed E-state index contributed by atoms with van der Waals surface area (Å²) in [6.07, 6.45) is 1.18. The van der Waals surface area contributed by atoms with Gasteiger partial charge in [-0.2, -0.15) is 10.1 Å². The zero-order valence-electron chi connectivity index (χ0n) is 19.8. The lowest BCUT2D eigenvalue weighted by Gasteiger charge is -2.29. The molecule has 0 fully saturated rings. The Kier molecular flexibility index (Phi) is 7.66. The number of aromatic nitrogens is 3. The Morgan fingerprint density at radius 3 is 2.66 bits per heavy atom. The first-order chi connectivity index (χ1) is 16.8. The molecule has 1 unspecified atom stereocenters. The average Bonchev–Trinajstić information content (AvgIpc) is 3.26. The fourth-order valence-corrected chi connectivity index (χ4v) is 4.53. The number of benzene rings is 2. The Balaban J connectivity index is 1.74. The molecule has 35 heavy (non-hydrogen) atoms. The highest BCUT2D eigenvalue weighted by Gasteiger charge is 2.35. The van der Waals surface area contributed by atoms with Gasteiger partial charge in [0.15, 0.2) is 11.5 Å². The summed E-state index contributed by atoms with van der Waals surface area (Å²) in [6, 6.07) is 10.7. The molecule has 8 nitrogen and oxygen atoms in total. The van der Waals surface area contributed by atoms with Crippen LogP contribution >= 0.6 is 27.5 Å². The van der Waals surface area contributed by atoms with E-state index in [2.05, 4.69) is 31.3 Å². The maximum absolute atomic E-state index is 13.1. The number of fused-ring (bicyclic) bond motifs is 1. The predicted molar refractivity (Wildman–Crippen MR) is 137 cm³/mol. The molecule has 0 amide bonds. The molecular weight excluding hydrogens is 536 g/mol. The second-order valence-corrected chi connectivity index (χ2v) is 9.52. The number of nitrogens with one attached hydrogen (secondary N) is 1. The van der Waals surface area contributed by atoms with E-state index in [-0.39, 0.29) is 6.10 Å². The molecule has 1 aliphatic rings. The van der Waals surface area contributed by atoms with Gasteiger partial charge in [-0.25, -0.2) is 9.48 Å². The van der Waals surface area contributed by atoms with Gasteiger partial charge in [-0.05, 0) is 79.0 Å². The molecule has 1 atom stereocenters. The highest BCUT2D eigenvalue weighted by molar-refractivity contribution is 9.10. The van der Waals surface area contributed by atoms with Crippen LogP contribution in [-0.4, -0.2) is 33.4 Å². The molecule has 2 aromatic carbocycles. The summed E-state index contributed by atoms with van der Waals surface area (Å²) in [6.45, 7) is 8.13. The van der Waals surface area contributed by atoms with E-state index in [1.165, 1.54) is 6.33 Å². The van der Waals surface area contributed by atoms with Gasteiger partial charge in [-0.3, -0.25) is 0 Å². The molecule has 3 aromatic rings. The van der Waals surface area contributed by atoms with Crippen molar-refractivity contribution >= 4 is 39.4 Å². The molecule has 4 rings (SSSR count). The van der Waals surface area contributed by atoms with Crippen LogP contribution in [0, 0.1) is 0 Å². The molecule has 0 saturated heterocycles. The zero-order valence-corrected chi connectivity index (χ0v) is 22.2. The molecular formula is C25H26BrClN4O4. The number of nitrogens with zero attached hydrogens (tertiary/aromatic N) is 3. The van der Waals surface area contributed by atoms with Crippen LogP contribution in [0.5, 0.6) is 11.5 Å². The Morgan fingerprint density at radius 2 is 1.97 bits per heavy atom. The van der Waals surface area contributed by atoms with Gasteiger partial charge in [0.2, 0.25) is 5.95 Å². The van der Waals surface area contributed by atoms with Crippen molar-refractivity contribution in [2.24, 2.45) is 0 Å². The van der Waals surface area contributed by atoms with Crippen molar-refractivity contribution in [3.63, 3.8) is 0 Å². The molecule has 0 spiro atoms. The molecule has 1 aliphatic heterocycles. The minimum absolute atomic E-state index is 0.269. The highest BCUT2D eigenvalue weighted by Crippen LogP contribution is 2.43. The molecule has 0 radical (unpaired) electrons. The number of halogens is 2. The van der Waals surface area contributed by atoms with Gasteiger partial charge in [0.05, 0.1) is 22.8 Å². The Hall–Kier alpha value is -3.04. The number of anilines is 1. The summed E-state index contributed by atoms with van der Waals surface area (Å²) in [5, 5.41) is 8.18. The maximum Gasteiger partial charge on any atom is 0.338 e. The van der Waals surface area contributed by atoms with Crippen molar-refractivity contribution in [3.05, 3.63) is 74.6 Å². The smallest absolute Gasteiger partial charge is 0.338 e. The molecule has 1 aromatic heterocycles. The molecule has 0 aliphatic carbocycles. The van der Waals surface area contributed by atoms with E-state index in [0.717, 1.165) is 11.1 Å². The number of ether oxygens (including phenoxy) is 3. The lowest BCUT2D eigenvalue weighted by atomic mass is 9.95. The Labute approximate surface area is 217 Å². The number of rotatable bonds is 8. The van der Waals surface area contributed by atoms with E-state index in [0.29, 0.717) is 51.4 Å². The third-order valence-corrected chi connectivity index (χ3v) is 6.14. The van der Waals surface area contributed by atoms with Gasteiger partial charge in [0.25, 0.3) is 0 Å². The average molecular weight is 562 g/mol. The van der Waals surface area contributed by atoms with Crippen molar-refractivity contribution in [1.82, 2.24) is 14.8 Å². The fraction of sp³-hybridized carbons (Fsp3) is 0.320. The van der Waals surface area contributed by atoms with Gasteiger partial charge < -0.3 is 19.5 Å². The van der Waals surface area contributed by atoms with Crippen LogP contribution in [-0.2, 0) is 16.1 Å². The van der Waals surface area contributed by atoms with Crippen molar-refractivity contribution < 1.29 is 19.0 Å². The lowest BCUT2D eigenvalue weighted by molar-refractivity contribution is -0.143. The summed E-state index contributed by atoms with van der Waals surface area (Å²) in [7, 11) is 0. The first-order valence-electron chi connectivity index (χ1n) is 11.2. The Morgan fingerprint density at radius 1 is 1.23 bits per heavy atom. The van der Waals surface area contributed by atoms with Gasteiger partial charge in [-0.15, -0.1) is 0 Å². The third kappa shape index (κ3) is 5.46. The van der Waals surface area contributed by atoms with Crippen LogP contribution in [0.3, 0.4) is 0 Å². The van der Waals surface area contributed by atoms with E-state index < -0.39 is 12.0 Å². The number of hydrogen-bond acceptors (Lipinski definition) is 7. The second kappa shape index (κ2) is 10.7. The van der Waals surface area contributed by atoms with E-state index in [4.69, 9.17) is 25.8 Å². The van der Waals surface area contributed by atoms with E-state index in [1.54, 1.807) is 4.68 Å². The SMILES string of the molecule is CCOc1cc(C2C(C(=O)OC(C)C)=C(C)Nc3ncnn32)cc(Br)c1OCc1ccc(Cl)cc1. The number of allylic oxidation sites excluding steroid dienone is 1. The largest absolute Gasteiger partial charge is 0.490 e. The van der Waals surface area contributed by atoms with Crippen molar-refractivity contribution in [2.75, 3.05) is 11.9 Å². The molecule has 0 bridgehead atoms. The molecule has 184 valence electrons. The fourth-order valence-electron chi connectivity index (χ4n) is 3.83. The predicted octanol–water partition coefficient (Wildman–Crippen LogP) is 5.91. The summed E-state index contributed by atoms with van der Waals surface area (Å²) in [5.41, 5.74) is 2.83. The standard InChI is InChI=1S/C25H26BrClN4O4/c1-5-33-20-11-17(10-19(26)23(20)34-12-16-6-8-18(27)9-7-16)22-21(24(32)35-14(2)3)15(4)30-25-28-13-29-31(22)25/h6-11,13-14,22H,5,12H2,1-4H3,(H,28,29,30). The lowest BCUT2D eigenvalue weighted by Crippen LogP contribution is -2.30. The summed E-state index contributed by atoms with van der Waals surface area (Å²) < 4.78 is 20.0. The van der Waals surface area contributed by atoms with E-state index in [1.807, 2.05) is 64.1 Å². The van der Waals surface area contributed by atoms with Crippen LogP contribution in [0.2, 0.25) is 5.02 Å². The number of carbonyl (C=O) groups is 1. The van der Waals surface area contributed by atoms with Crippen molar-refractivity contribution in [3.8, 4) is 11.5 Å². The quantitative estimate of drug-likeness (QED) is 0.342. The number of esters is 1. The second-order valence-electron chi connectivity index (χ2n) is 8.23. The van der Waals surface area contributed by atoms with Crippen LogP contribution in [0.25, 0.3) is 0 Å². The molecule has 1 N–H and O–H groups in total. The molecule has 10 heteroatoms. The molecule has 2 heterocycles. The number of carbonyl (C=O) groups excluding carboxylic acids is 1.